The van der Waals surface area contributed by atoms with Crippen LogP contribution in [0.3, 0.4) is 0 Å². The fraction of sp³-hybridized carbons (Fsp3) is 0.267. The highest BCUT2D eigenvalue weighted by molar-refractivity contribution is 7.13. The zero-order chi connectivity index (χ0) is 16.2. The zero-order valence-corrected chi connectivity index (χ0v) is 13.3. The second-order valence-electron chi connectivity index (χ2n) is 5.04. The van der Waals surface area contributed by atoms with Crippen LogP contribution in [0.15, 0.2) is 35.8 Å². The third kappa shape index (κ3) is 3.59. The van der Waals surface area contributed by atoms with Crippen molar-refractivity contribution < 1.29 is 14.3 Å². The Morgan fingerprint density at radius 1 is 1.48 bits per heavy atom. The first-order valence-electron chi connectivity index (χ1n) is 7.07. The molecule has 23 heavy (non-hydrogen) atoms. The number of nitrogens with one attached hydrogen (secondary N) is 2. The van der Waals surface area contributed by atoms with Crippen molar-refractivity contribution in [3.05, 3.63) is 35.8 Å². The second kappa shape index (κ2) is 6.66. The molecule has 1 aliphatic heterocycles. The van der Waals surface area contributed by atoms with E-state index in [1.54, 1.807) is 29.7 Å². The van der Waals surface area contributed by atoms with Crippen molar-refractivity contribution in [3.8, 4) is 5.75 Å². The number of carbonyl (C=O) groups is 2. The molecule has 120 valence electrons. The summed E-state index contributed by atoms with van der Waals surface area (Å²) in [5.41, 5.74) is 0.763. The Labute approximate surface area is 137 Å². The molecule has 1 aliphatic rings. The topological polar surface area (TPSA) is 83.6 Å². The van der Waals surface area contributed by atoms with E-state index in [0.717, 1.165) is 5.69 Å². The lowest BCUT2D eigenvalue weighted by Gasteiger charge is -2.18. The number of benzene rings is 1. The van der Waals surface area contributed by atoms with Crippen LogP contribution in [0, 0.1) is 0 Å². The van der Waals surface area contributed by atoms with Crippen molar-refractivity contribution in [2.24, 2.45) is 0 Å². The van der Waals surface area contributed by atoms with Crippen molar-refractivity contribution in [1.82, 2.24) is 10.3 Å². The van der Waals surface area contributed by atoms with Gasteiger partial charge in [-0.2, -0.15) is 0 Å². The predicted molar refractivity (Wildman–Crippen MR) is 88.0 cm³/mol. The van der Waals surface area contributed by atoms with E-state index in [-0.39, 0.29) is 24.4 Å². The Morgan fingerprint density at radius 3 is 3.09 bits per heavy atom. The molecule has 3 amide bonds. The Bertz CT molecular complexity index is 705. The number of thiazole rings is 1. The lowest BCUT2D eigenvalue weighted by Crippen LogP contribution is -2.39. The molecule has 0 saturated carbocycles. The summed E-state index contributed by atoms with van der Waals surface area (Å²) in [5.74, 6) is 0.658. The van der Waals surface area contributed by atoms with Crippen LogP contribution in [0.25, 0.3) is 0 Å². The third-order valence-corrected chi connectivity index (χ3v) is 4.17. The predicted octanol–water partition coefficient (Wildman–Crippen LogP) is 2.08. The highest BCUT2D eigenvalue weighted by Gasteiger charge is 2.31. The Hall–Kier alpha value is -2.61. The molecule has 0 spiro atoms. The van der Waals surface area contributed by atoms with Crippen molar-refractivity contribution in [2.45, 2.75) is 12.5 Å². The van der Waals surface area contributed by atoms with Gasteiger partial charge in [-0.25, -0.2) is 9.78 Å². The molecular formula is C15H16N4O3S. The van der Waals surface area contributed by atoms with Gasteiger partial charge < -0.3 is 15.0 Å². The number of urea groups is 1. The molecule has 3 rings (SSSR count). The van der Waals surface area contributed by atoms with Crippen molar-refractivity contribution in [3.63, 3.8) is 0 Å². The molecule has 8 heteroatoms. The molecule has 2 N–H and O–H groups in total. The van der Waals surface area contributed by atoms with Gasteiger partial charge in [0, 0.05) is 36.3 Å². The van der Waals surface area contributed by atoms with Gasteiger partial charge in [0.2, 0.25) is 5.91 Å². The molecule has 1 saturated heterocycles. The smallest absolute Gasteiger partial charge is 0.321 e. The lowest BCUT2D eigenvalue weighted by molar-refractivity contribution is -0.117. The molecule has 2 aromatic rings. The van der Waals surface area contributed by atoms with Gasteiger partial charge >= 0.3 is 6.03 Å². The molecule has 0 radical (unpaired) electrons. The highest BCUT2D eigenvalue weighted by atomic mass is 32.1. The van der Waals surface area contributed by atoms with Gasteiger partial charge in [0.05, 0.1) is 13.2 Å². The summed E-state index contributed by atoms with van der Waals surface area (Å²) in [6.45, 7) is 0.428. The monoisotopic (exact) mass is 332 g/mol. The minimum absolute atomic E-state index is 0.0298. The number of hydrogen-bond acceptors (Lipinski definition) is 5. The van der Waals surface area contributed by atoms with Gasteiger partial charge in [0.1, 0.15) is 5.75 Å². The number of amides is 3. The van der Waals surface area contributed by atoms with Gasteiger partial charge in [-0.05, 0) is 12.1 Å². The Kier molecular flexibility index (Phi) is 4.42. The summed E-state index contributed by atoms with van der Waals surface area (Å²) in [4.78, 5) is 29.7. The quantitative estimate of drug-likeness (QED) is 0.898. The average molecular weight is 332 g/mol. The van der Waals surface area contributed by atoms with Crippen molar-refractivity contribution in [2.75, 3.05) is 23.9 Å². The van der Waals surface area contributed by atoms with Crippen LogP contribution in [0.2, 0.25) is 0 Å². The van der Waals surface area contributed by atoms with Gasteiger partial charge in [-0.15, -0.1) is 11.3 Å². The largest absolute Gasteiger partial charge is 0.497 e. The fourth-order valence-corrected chi connectivity index (χ4v) is 2.96. The number of hydrogen-bond donors (Lipinski definition) is 2. The molecule has 2 heterocycles. The van der Waals surface area contributed by atoms with E-state index in [0.29, 0.717) is 17.4 Å². The molecule has 0 aliphatic carbocycles. The zero-order valence-electron chi connectivity index (χ0n) is 12.5. The van der Waals surface area contributed by atoms with Crippen molar-refractivity contribution >= 4 is 34.1 Å². The van der Waals surface area contributed by atoms with E-state index in [4.69, 9.17) is 4.74 Å². The number of anilines is 2. The molecule has 1 aromatic heterocycles. The van der Waals surface area contributed by atoms with E-state index < -0.39 is 0 Å². The van der Waals surface area contributed by atoms with Gasteiger partial charge in [0.25, 0.3) is 0 Å². The summed E-state index contributed by atoms with van der Waals surface area (Å²) in [7, 11) is 1.58. The number of methoxy groups -OCH3 is 1. The number of carbonyl (C=O) groups excluding carboxylic acids is 2. The van der Waals surface area contributed by atoms with E-state index in [2.05, 4.69) is 15.6 Å². The summed E-state index contributed by atoms with van der Waals surface area (Å²) in [6, 6.07) is 6.70. The van der Waals surface area contributed by atoms with Crippen molar-refractivity contribution in [1.29, 1.82) is 0 Å². The highest BCUT2D eigenvalue weighted by Crippen LogP contribution is 2.25. The molecule has 7 nitrogen and oxygen atoms in total. The maximum Gasteiger partial charge on any atom is 0.321 e. The number of ether oxygens (including phenoxy) is 1. The minimum atomic E-state index is -0.356. The van der Waals surface area contributed by atoms with Crippen LogP contribution >= 0.6 is 11.3 Å². The molecular weight excluding hydrogens is 316 g/mol. The first-order valence-corrected chi connectivity index (χ1v) is 7.95. The summed E-state index contributed by atoms with van der Waals surface area (Å²) in [6.07, 6.45) is 1.88. The standard InChI is InChI=1S/C15H16N4O3S/c1-22-12-4-2-3-11(8-12)19-9-10(7-13(19)20)17-14(21)18-15-16-5-6-23-15/h2-6,8,10H,7,9H2,1H3,(H2,16,17,18,21)/t10-/m0/s1. The number of rotatable bonds is 4. The van der Waals surface area contributed by atoms with Gasteiger partial charge in [-0.1, -0.05) is 6.07 Å². The molecule has 0 bridgehead atoms. The maximum absolute atomic E-state index is 12.2. The molecule has 1 aromatic carbocycles. The fourth-order valence-electron chi connectivity index (χ4n) is 2.44. The third-order valence-electron chi connectivity index (χ3n) is 3.48. The number of aromatic nitrogens is 1. The Balaban J connectivity index is 1.61. The maximum atomic E-state index is 12.2. The van der Waals surface area contributed by atoms with Gasteiger partial charge in [-0.3, -0.25) is 10.1 Å². The molecule has 1 fully saturated rings. The summed E-state index contributed by atoms with van der Waals surface area (Å²) in [5, 5.41) is 7.74. The summed E-state index contributed by atoms with van der Waals surface area (Å²) < 4.78 is 5.18. The Morgan fingerprint density at radius 2 is 2.35 bits per heavy atom. The van der Waals surface area contributed by atoms with Crippen LogP contribution in [0.5, 0.6) is 5.75 Å². The van der Waals surface area contributed by atoms with Crippen LogP contribution in [-0.2, 0) is 4.79 Å². The minimum Gasteiger partial charge on any atom is -0.497 e. The normalized spacial score (nSPS) is 17.2. The van der Waals surface area contributed by atoms with E-state index in [1.807, 2.05) is 18.2 Å². The van der Waals surface area contributed by atoms with E-state index in [1.165, 1.54) is 11.3 Å². The molecule has 0 unspecified atom stereocenters. The second-order valence-corrected chi connectivity index (χ2v) is 5.94. The lowest BCUT2D eigenvalue weighted by atomic mass is 10.2. The van der Waals surface area contributed by atoms with E-state index in [9.17, 15) is 9.59 Å². The first-order chi connectivity index (χ1) is 11.2. The van der Waals surface area contributed by atoms with Crippen LogP contribution in [0.4, 0.5) is 15.6 Å². The van der Waals surface area contributed by atoms with Crippen LogP contribution < -0.4 is 20.3 Å². The SMILES string of the molecule is COc1cccc(N2C[C@@H](NC(=O)Nc3nccs3)CC2=O)c1. The summed E-state index contributed by atoms with van der Waals surface area (Å²) >= 11 is 1.34. The molecule has 1 atom stereocenters. The number of nitrogens with zero attached hydrogens (tertiary/aromatic N) is 2. The van der Waals surface area contributed by atoms with Crippen LogP contribution in [0.1, 0.15) is 6.42 Å². The van der Waals surface area contributed by atoms with E-state index >= 15 is 0 Å². The van der Waals surface area contributed by atoms with Crippen LogP contribution in [-0.4, -0.2) is 36.6 Å². The average Bonchev–Trinajstić information content (AvgIpc) is 3.17. The first kappa shape index (κ1) is 15.3. The van der Waals surface area contributed by atoms with Gasteiger partial charge in [0.15, 0.2) is 5.13 Å².